The summed E-state index contributed by atoms with van der Waals surface area (Å²) in [4.78, 5) is 22.3. The second-order valence-electron chi connectivity index (χ2n) is 12.2. The first-order chi connectivity index (χ1) is 20.3. The fraction of sp³-hybridized carbons (Fsp3) is 0.879. The number of hydrogen-bond donors (Lipinski definition) is 3. The Bertz CT molecular complexity index is 762. The maximum absolute atomic E-state index is 11.6. The number of hydrogen-bond acceptors (Lipinski definition) is 8. The molecule has 9 nitrogen and oxygen atoms in total. The highest BCUT2D eigenvalue weighted by Gasteiger charge is 2.54. The number of allylic oxidation sites excluding steroid dienone is 1. The first-order valence-electron chi connectivity index (χ1n) is 16.7. The predicted octanol–water partition coefficient (Wildman–Crippen LogP) is 6.19. The fourth-order valence-electron chi connectivity index (χ4n) is 6.08. The van der Waals surface area contributed by atoms with Crippen molar-refractivity contribution >= 4 is 11.9 Å². The summed E-state index contributed by atoms with van der Waals surface area (Å²) in [6.45, 7) is 2.61. The van der Waals surface area contributed by atoms with E-state index >= 15 is 0 Å². The largest absolute Gasteiger partial charge is 0.478 e. The van der Waals surface area contributed by atoms with E-state index in [0.29, 0.717) is 6.61 Å². The molecular weight excluding hydrogens is 538 g/mol. The molecule has 5 unspecified atom stereocenters. The molecule has 2 aliphatic heterocycles. The Hall–Kier alpha value is -1.52. The lowest BCUT2D eigenvalue weighted by molar-refractivity contribution is -0.220. The summed E-state index contributed by atoms with van der Waals surface area (Å²) in [5, 5.41) is 17.6. The van der Waals surface area contributed by atoms with Crippen molar-refractivity contribution in [3.63, 3.8) is 0 Å². The number of esters is 1. The lowest BCUT2D eigenvalue weighted by Gasteiger charge is -2.35. The monoisotopic (exact) mass is 597 g/mol. The summed E-state index contributed by atoms with van der Waals surface area (Å²) in [6, 6.07) is -0.256. The molecule has 0 saturated carbocycles. The molecule has 0 aromatic carbocycles. The van der Waals surface area contributed by atoms with Gasteiger partial charge in [0.1, 0.15) is 12.2 Å². The molecule has 0 spiro atoms. The van der Waals surface area contributed by atoms with E-state index in [2.05, 4.69) is 0 Å². The third kappa shape index (κ3) is 15.8. The smallest absolute Gasteiger partial charge is 0.327 e. The van der Waals surface area contributed by atoms with Gasteiger partial charge in [0, 0.05) is 32.4 Å². The van der Waals surface area contributed by atoms with Crippen LogP contribution in [0.2, 0.25) is 0 Å². The Labute approximate surface area is 253 Å². The van der Waals surface area contributed by atoms with Crippen LogP contribution >= 0.6 is 0 Å². The van der Waals surface area contributed by atoms with Crippen molar-refractivity contribution in [3.05, 3.63) is 12.2 Å². The standard InChI is InChI=1S/C33H59NO8/c1-27(36)40-29-21-23-33(41-30(32(29)42-33)19-15-11-12-16-20-31(37)38)22-17-13-9-7-5-3-2-4-6-8-10-14-18-24-39-26-28(34)25-35/h16,20,28-30,32,35H,2-15,17-19,21-26,34H2,1H3,(H,37,38). The van der Waals surface area contributed by atoms with E-state index in [4.69, 9.17) is 34.9 Å². The van der Waals surface area contributed by atoms with Gasteiger partial charge in [-0.15, -0.1) is 0 Å². The summed E-state index contributed by atoms with van der Waals surface area (Å²) in [7, 11) is 0. The lowest BCUT2D eigenvalue weighted by atomic mass is 9.94. The van der Waals surface area contributed by atoms with Crippen LogP contribution in [0.1, 0.15) is 135 Å². The average molecular weight is 598 g/mol. The lowest BCUT2D eigenvalue weighted by Crippen LogP contribution is -2.43. The van der Waals surface area contributed by atoms with Crippen molar-refractivity contribution in [1.82, 2.24) is 0 Å². The number of nitrogens with two attached hydrogens (primary N) is 1. The average Bonchev–Trinajstić information content (AvgIpc) is 3.25. The molecule has 244 valence electrons. The highest BCUT2D eigenvalue weighted by atomic mass is 16.8. The van der Waals surface area contributed by atoms with E-state index in [1.54, 1.807) is 6.08 Å². The van der Waals surface area contributed by atoms with E-state index in [0.717, 1.165) is 64.4 Å². The zero-order valence-corrected chi connectivity index (χ0v) is 26.1. The van der Waals surface area contributed by atoms with Crippen molar-refractivity contribution in [3.8, 4) is 0 Å². The van der Waals surface area contributed by atoms with Crippen molar-refractivity contribution in [2.75, 3.05) is 19.8 Å². The number of carbonyl (C=O) groups excluding carboxylic acids is 1. The van der Waals surface area contributed by atoms with Crippen LogP contribution in [0.25, 0.3) is 0 Å². The number of carboxylic acid groups (broad SMARTS) is 1. The summed E-state index contributed by atoms with van der Waals surface area (Å²) in [5.41, 5.74) is 5.61. The topological polar surface area (TPSA) is 138 Å². The van der Waals surface area contributed by atoms with Gasteiger partial charge in [-0.05, 0) is 38.5 Å². The van der Waals surface area contributed by atoms with Crippen molar-refractivity contribution in [2.45, 2.75) is 165 Å². The Morgan fingerprint density at radius 3 is 2.14 bits per heavy atom. The quantitative estimate of drug-likeness (QED) is 0.0605. The van der Waals surface area contributed by atoms with Crippen LogP contribution in [0.5, 0.6) is 0 Å². The van der Waals surface area contributed by atoms with Crippen LogP contribution in [-0.2, 0) is 28.5 Å². The number of aliphatic carboxylic acids is 1. The number of carboxylic acids is 1. The summed E-state index contributed by atoms with van der Waals surface area (Å²) < 4.78 is 24.0. The Morgan fingerprint density at radius 2 is 1.55 bits per heavy atom. The van der Waals surface area contributed by atoms with Gasteiger partial charge in [-0.2, -0.15) is 0 Å². The van der Waals surface area contributed by atoms with E-state index in [-0.39, 0.29) is 36.9 Å². The second-order valence-corrected chi connectivity index (χ2v) is 12.2. The summed E-state index contributed by atoms with van der Waals surface area (Å²) in [5.74, 6) is -1.74. The van der Waals surface area contributed by atoms with Crippen LogP contribution in [0.3, 0.4) is 0 Å². The number of aliphatic hydroxyl groups is 1. The molecule has 9 heteroatoms. The molecule has 42 heavy (non-hydrogen) atoms. The van der Waals surface area contributed by atoms with Gasteiger partial charge in [0.15, 0.2) is 5.79 Å². The van der Waals surface area contributed by atoms with Gasteiger partial charge >= 0.3 is 11.9 Å². The maximum atomic E-state index is 11.6. The number of rotatable bonds is 26. The number of carbonyl (C=O) groups is 2. The highest BCUT2D eigenvalue weighted by molar-refractivity contribution is 5.79. The zero-order chi connectivity index (χ0) is 30.5. The number of aliphatic hydroxyl groups excluding tert-OH is 1. The summed E-state index contributed by atoms with van der Waals surface area (Å²) >= 11 is 0. The molecular formula is C33H59NO8. The Morgan fingerprint density at radius 1 is 0.929 bits per heavy atom. The van der Waals surface area contributed by atoms with Gasteiger partial charge in [0.05, 0.1) is 25.4 Å². The maximum Gasteiger partial charge on any atom is 0.327 e. The normalized spacial score (nSPS) is 24.3. The molecule has 2 fully saturated rings. The van der Waals surface area contributed by atoms with Crippen LogP contribution in [0.15, 0.2) is 12.2 Å². The Balaban J connectivity index is 1.50. The zero-order valence-electron chi connectivity index (χ0n) is 26.1. The van der Waals surface area contributed by atoms with Crippen molar-refractivity contribution < 1.29 is 38.7 Å². The first-order valence-corrected chi connectivity index (χ1v) is 16.7. The molecule has 0 aliphatic carbocycles. The number of ether oxygens (including phenoxy) is 4. The van der Waals surface area contributed by atoms with Gasteiger partial charge < -0.3 is 34.9 Å². The molecule has 0 aromatic heterocycles. The Kier molecular flexibility index (Phi) is 19.3. The van der Waals surface area contributed by atoms with E-state index < -0.39 is 11.8 Å². The van der Waals surface area contributed by atoms with E-state index in [1.807, 2.05) is 0 Å². The van der Waals surface area contributed by atoms with E-state index in [1.165, 1.54) is 83.6 Å². The molecule has 2 rings (SSSR count). The van der Waals surface area contributed by atoms with Gasteiger partial charge in [-0.1, -0.05) is 83.1 Å². The molecule has 2 heterocycles. The first kappa shape index (κ1) is 36.7. The minimum absolute atomic E-state index is 0.0188. The molecule has 0 amide bonds. The molecule has 2 aliphatic rings. The summed E-state index contributed by atoms with van der Waals surface area (Å²) in [6.07, 6.45) is 24.3. The van der Waals surface area contributed by atoms with Crippen LogP contribution in [0.4, 0.5) is 0 Å². The van der Waals surface area contributed by atoms with Crippen molar-refractivity contribution in [1.29, 1.82) is 0 Å². The van der Waals surface area contributed by atoms with Crippen LogP contribution < -0.4 is 5.73 Å². The molecule has 2 bridgehead atoms. The third-order valence-corrected chi connectivity index (χ3v) is 8.36. The SMILES string of the molecule is CC(=O)OC1CCC2(CCCCCCCCCCCCCCCOCC(N)CO)OC(CCCCC=CC(=O)O)C1O2. The molecule has 0 aromatic rings. The highest BCUT2D eigenvalue weighted by Crippen LogP contribution is 2.45. The van der Waals surface area contributed by atoms with E-state index in [9.17, 15) is 9.59 Å². The molecule has 2 saturated heterocycles. The molecule has 4 N–H and O–H groups in total. The fourth-order valence-corrected chi connectivity index (χ4v) is 6.08. The van der Waals surface area contributed by atoms with Crippen LogP contribution in [-0.4, -0.2) is 72.1 Å². The van der Waals surface area contributed by atoms with Gasteiger partial charge in [-0.25, -0.2) is 4.79 Å². The number of unbranched alkanes of at least 4 members (excludes halogenated alkanes) is 14. The third-order valence-electron chi connectivity index (χ3n) is 8.36. The van der Waals surface area contributed by atoms with Gasteiger partial charge in [-0.3, -0.25) is 4.79 Å². The van der Waals surface area contributed by atoms with Crippen molar-refractivity contribution in [2.24, 2.45) is 5.73 Å². The molecule has 0 radical (unpaired) electrons. The number of fused-ring (bicyclic) bond motifs is 2. The molecule has 5 atom stereocenters. The second kappa shape index (κ2) is 22.1. The van der Waals surface area contributed by atoms with Crippen LogP contribution in [0, 0.1) is 0 Å². The predicted molar refractivity (Wildman–Crippen MR) is 163 cm³/mol. The minimum atomic E-state index is -0.915. The minimum Gasteiger partial charge on any atom is -0.478 e. The van der Waals surface area contributed by atoms with Gasteiger partial charge in [0.2, 0.25) is 0 Å². The van der Waals surface area contributed by atoms with Gasteiger partial charge in [0.25, 0.3) is 0 Å².